The third-order valence-corrected chi connectivity index (χ3v) is 4.36. The van der Waals surface area contributed by atoms with Crippen LogP contribution in [-0.2, 0) is 6.54 Å². The van der Waals surface area contributed by atoms with Crippen LogP contribution in [0.15, 0.2) is 18.3 Å². The van der Waals surface area contributed by atoms with Crippen molar-refractivity contribution in [2.24, 2.45) is 0 Å². The molecule has 118 valence electrons. The highest BCUT2D eigenvalue weighted by atomic mass is 15.2. The highest BCUT2D eigenvalue weighted by Crippen LogP contribution is 2.21. The Morgan fingerprint density at radius 2 is 2.29 bits per heavy atom. The van der Waals surface area contributed by atoms with Crippen LogP contribution in [0.5, 0.6) is 0 Å². The molecule has 0 aliphatic carbocycles. The predicted octanol–water partition coefficient (Wildman–Crippen LogP) is 2.50. The summed E-state index contributed by atoms with van der Waals surface area (Å²) in [4.78, 5) is 9.54. The van der Waals surface area contributed by atoms with E-state index in [1.54, 1.807) is 0 Å². The third kappa shape index (κ3) is 4.42. The standard InChI is InChI=1S/C17H30N4/c1-4-10-18-13-15-8-6-11-19-17(15)20(3)14-16-9-7-12-21(16)5-2/h6,8,11,16,18H,4-5,7,9-10,12-14H2,1-3H3. The molecule has 0 saturated carbocycles. The lowest BCUT2D eigenvalue weighted by Gasteiger charge is -2.29. The van der Waals surface area contributed by atoms with E-state index in [9.17, 15) is 0 Å². The summed E-state index contributed by atoms with van der Waals surface area (Å²) in [5.41, 5.74) is 1.30. The number of hydrogen-bond acceptors (Lipinski definition) is 4. The van der Waals surface area contributed by atoms with Crippen molar-refractivity contribution in [1.82, 2.24) is 15.2 Å². The van der Waals surface area contributed by atoms with Gasteiger partial charge in [0.1, 0.15) is 5.82 Å². The van der Waals surface area contributed by atoms with Crippen LogP contribution < -0.4 is 10.2 Å². The minimum atomic E-state index is 0.679. The summed E-state index contributed by atoms with van der Waals surface area (Å²) in [6.07, 6.45) is 5.72. The molecule has 1 saturated heterocycles. The SMILES string of the molecule is CCCNCc1cccnc1N(C)CC1CCCN1CC. The smallest absolute Gasteiger partial charge is 0.132 e. The summed E-state index contributed by atoms with van der Waals surface area (Å²) in [5, 5.41) is 3.48. The van der Waals surface area contributed by atoms with Crippen LogP contribution in [0.25, 0.3) is 0 Å². The highest BCUT2D eigenvalue weighted by molar-refractivity contribution is 5.46. The second-order valence-corrected chi connectivity index (χ2v) is 5.97. The van der Waals surface area contributed by atoms with Crippen molar-refractivity contribution < 1.29 is 0 Å². The zero-order chi connectivity index (χ0) is 15.1. The summed E-state index contributed by atoms with van der Waals surface area (Å²) in [7, 11) is 2.18. The summed E-state index contributed by atoms with van der Waals surface area (Å²) in [6.45, 7) is 9.91. The first kappa shape index (κ1) is 16.2. The van der Waals surface area contributed by atoms with Crippen molar-refractivity contribution in [3.05, 3.63) is 23.9 Å². The van der Waals surface area contributed by atoms with Crippen molar-refractivity contribution in [3.63, 3.8) is 0 Å². The molecule has 4 heteroatoms. The maximum absolute atomic E-state index is 4.62. The molecule has 1 N–H and O–H groups in total. The molecular weight excluding hydrogens is 260 g/mol. The van der Waals surface area contributed by atoms with Crippen LogP contribution >= 0.6 is 0 Å². The minimum Gasteiger partial charge on any atom is -0.358 e. The lowest BCUT2D eigenvalue weighted by molar-refractivity contribution is 0.270. The molecule has 1 aliphatic rings. The highest BCUT2D eigenvalue weighted by Gasteiger charge is 2.24. The van der Waals surface area contributed by atoms with Gasteiger partial charge in [-0.25, -0.2) is 4.98 Å². The molecule has 4 nitrogen and oxygen atoms in total. The van der Waals surface area contributed by atoms with Gasteiger partial charge in [0.25, 0.3) is 0 Å². The zero-order valence-electron chi connectivity index (χ0n) is 13.8. The van der Waals surface area contributed by atoms with E-state index in [0.717, 1.165) is 32.0 Å². The molecule has 1 atom stereocenters. The van der Waals surface area contributed by atoms with Gasteiger partial charge >= 0.3 is 0 Å². The van der Waals surface area contributed by atoms with Gasteiger partial charge in [-0.1, -0.05) is 19.9 Å². The van der Waals surface area contributed by atoms with E-state index in [2.05, 4.69) is 47.1 Å². The summed E-state index contributed by atoms with van der Waals surface area (Å²) in [6, 6.07) is 4.90. The van der Waals surface area contributed by atoms with Gasteiger partial charge in [0.2, 0.25) is 0 Å². The summed E-state index contributed by atoms with van der Waals surface area (Å²) in [5.74, 6) is 1.13. The van der Waals surface area contributed by atoms with Crippen molar-refractivity contribution >= 4 is 5.82 Å². The quantitative estimate of drug-likeness (QED) is 0.746. The molecule has 1 unspecified atom stereocenters. The van der Waals surface area contributed by atoms with Gasteiger partial charge in [-0.15, -0.1) is 0 Å². The topological polar surface area (TPSA) is 31.4 Å². The van der Waals surface area contributed by atoms with Crippen molar-refractivity contribution in [3.8, 4) is 0 Å². The van der Waals surface area contributed by atoms with Gasteiger partial charge < -0.3 is 10.2 Å². The Bertz CT molecular complexity index is 421. The first-order valence-electron chi connectivity index (χ1n) is 8.36. The third-order valence-electron chi connectivity index (χ3n) is 4.36. The Kier molecular flexibility index (Phi) is 6.46. The monoisotopic (exact) mass is 290 g/mol. The van der Waals surface area contributed by atoms with E-state index in [0.29, 0.717) is 6.04 Å². The molecule has 1 aromatic heterocycles. The number of likely N-dealkylation sites (tertiary alicyclic amines) is 1. The molecule has 0 radical (unpaired) electrons. The average Bonchev–Trinajstić information content (AvgIpc) is 2.95. The fourth-order valence-electron chi connectivity index (χ4n) is 3.23. The number of aromatic nitrogens is 1. The number of likely N-dealkylation sites (N-methyl/N-ethyl adjacent to an activating group) is 2. The predicted molar refractivity (Wildman–Crippen MR) is 89.8 cm³/mol. The van der Waals surface area contributed by atoms with Crippen molar-refractivity contribution in [1.29, 1.82) is 0 Å². The lowest BCUT2D eigenvalue weighted by atomic mass is 10.2. The zero-order valence-corrected chi connectivity index (χ0v) is 13.8. The largest absolute Gasteiger partial charge is 0.358 e. The molecule has 1 aromatic rings. The Labute approximate surface area is 129 Å². The molecule has 0 spiro atoms. The van der Waals surface area contributed by atoms with E-state index in [1.807, 2.05) is 12.3 Å². The minimum absolute atomic E-state index is 0.679. The number of rotatable bonds is 8. The Morgan fingerprint density at radius 3 is 3.05 bits per heavy atom. The maximum Gasteiger partial charge on any atom is 0.132 e. The van der Waals surface area contributed by atoms with Crippen LogP contribution in [0.2, 0.25) is 0 Å². The van der Waals surface area contributed by atoms with Gasteiger partial charge in [-0.05, 0) is 45.0 Å². The second kappa shape index (κ2) is 8.35. The Balaban J connectivity index is 1.99. The molecule has 1 aliphatic heterocycles. The number of pyridine rings is 1. The van der Waals surface area contributed by atoms with E-state index < -0.39 is 0 Å². The average molecular weight is 290 g/mol. The van der Waals surface area contributed by atoms with E-state index in [4.69, 9.17) is 0 Å². The van der Waals surface area contributed by atoms with Crippen LogP contribution in [0, 0.1) is 0 Å². The van der Waals surface area contributed by atoms with E-state index >= 15 is 0 Å². The number of nitrogens with zero attached hydrogens (tertiary/aromatic N) is 3. The van der Waals surface area contributed by atoms with Gasteiger partial charge in [-0.3, -0.25) is 4.90 Å². The van der Waals surface area contributed by atoms with Gasteiger partial charge in [-0.2, -0.15) is 0 Å². The van der Waals surface area contributed by atoms with Crippen molar-refractivity contribution in [2.45, 2.75) is 45.7 Å². The maximum atomic E-state index is 4.62. The molecule has 0 aromatic carbocycles. The molecule has 21 heavy (non-hydrogen) atoms. The van der Waals surface area contributed by atoms with Crippen LogP contribution in [0.4, 0.5) is 5.82 Å². The van der Waals surface area contributed by atoms with Crippen molar-refractivity contribution in [2.75, 3.05) is 38.1 Å². The van der Waals surface area contributed by atoms with Gasteiger partial charge in [0.15, 0.2) is 0 Å². The first-order chi connectivity index (χ1) is 10.3. The molecule has 1 fully saturated rings. The normalized spacial score (nSPS) is 19.1. The molecular formula is C17H30N4. The number of anilines is 1. The van der Waals surface area contributed by atoms with Gasteiger partial charge in [0, 0.05) is 37.9 Å². The number of nitrogens with one attached hydrogen (secondary N) is 1. The molecule has 2 rings (SSSR count). The van der Waals surface area contributed by atoms with Crippen LogP contribution in [0.3, 0.4) is 0 Å². The second-order valence-electron chi connectivity index (χ2n) is 5.97. The summed E-state index contributed by atoms with van der Waals surface area (Å²) >= 11 is 0. The molecule has 0 amide bonds. The van der Waals surface area contributed by atoms with Crippen LogP contribution in [-0.4, -0.2) is 49.2 Å². The Hall–Kier alpha value is -1.13. The van der Waals surface area contributed by atoms with Crippen LogP contribution in [0.1, 0.15) is 38.7 Å². The summed E-state index contributed by atoms with van der Waals surface area (Å²) < 4.78 is 0. The fourth-order valence-corrected chi connectivity index (χ4v) is 3.23. The lowest BCUT2D eigenvalue weighted by Crippen LogP contribution is -2.39. The number of hydrogen-bond donors (Lipinski definition) is 1. The van der Waals surface area contributed by atoms with E-state index in [-0.39, 0.29) is 0 Å². The Morgan fingerprint density at radius 1 is 1.43 bits per heavy atom. The van der Waals surface area contributed by atoms with Gasteiger partial charge in [0.05, 0.1) is 0 Å². The molecule has 0 bridgehead atoms. The fraction of sp³-hybridized carbons (Fsp3) is 0.706. The first-order valence-corrected chi connectivity index (χ1v) is 8.36. The molecule has 2 heterocycles. The van der Waals surface area contributed by atoms with E-state index in [1.165, 1.54) is 31.4 Å².